The van der Waals surface area contributed by atoms with Gasteiger partial charge >= 0.3 is 0 Å². The second-order valence-corrected chi connectivity index (χ2v) is 6.34. The SMILES string of the molecule is Cc1nnc(SC(C)C(=O)N2CCc3ccccc32)n1N. The summed E-state index contributed by atoms with van der Waals surface area (Å²) < 4.78 is 1.41. The van der Waals surface area contributed by atoms with Gasteiger partial charge in [0.25, 0.3) is 0 Å². The smallest absolute Gasteiger partial charge is 0.240 e. The fourth-order valence-corrected chi connectivity index (χ4v) is 3.30. The Morgan fingerprint density at radius 2 is 2.14 bits per heavy atom. The van der Waals surface area contributed by atoms with Crippen molar-refractivity contribution >= 4 is 23.4 Å². The third kappa shape index (κ3) is 2.49. The molecule has 0 saturated carbocycles. The molecule has 2 N–H and O–H groups in total. The largest absolute Gasteiger partial charge is 0.336 e. The van der Waals surface area contributed by atoms with Crippen LogP contribution in [-0.4, -0.2) is 32.6 Å². The van der Waals surface area contributed by atoms with E-state index in [0.29, 0.717) is 11.0 Å². The number of carbonyl (C=O) groups is 1. The quantitative estimate of drug-likeness (QED) is 0.684. The van der Waals surface area contributed by atoms with Crippen molar-refractivity contribution in [2.24, 2.45) is 0 Å². The highest BCUT2D eigenvalue weighted by Crippen LogP contribution is 2.30. The summed E-state index contributed by atoms with van der Waals surface area (Å²) in [5.41, 5.74) is 2.24. The van der Waals surface area contributed by atoms with Crippen LogP contribution in [0, 0.1) is 6.92 Å². The normalized spacial score (nSPS) is 15.0. The molecule has 0 spiro atoms. The number of amides is 1. The van der Waals surface area contributed by atoms with Gasteiger partial charge in [0.15, 0.2) is 0 Å². The second-order valence-electron chi connectivity index (χ2n) is 5.03. The van der Waals surface area contributed by atoms with Gasteiger partial charge in [0.05, 0.1) is 5.25 Å². The minimum atomic E-state index is -0.262. The summed E-state index contributed by atoms with van der Waals surface area (Å²) in [6, 6.07) is 8.03. The molecule has 21 heavy (non-hydrogen) atoms. The molecule has 1 unspecified atom stereocenters. The zero-order valence-electron chi connectivity index (χ0n) is 12.0. The number of nitrogens with zero attached hydrogens (tertiary/aromatic N) is 4. The molecule has 1 aromatic carbocycles. The first kappa shape index (κ1) is 13.9. The predicted octanol–water partition coefficient (Wildman–Crippen LogP) is 1.37. The molecular weight excluding hydrogens is 286 g/mol. The maximum Gasteiger partial charge on any atom is 0.240 e. The number of thioether (sulfide) groups is 1. The van der Waals surface area contributed by atoms with Gasteiger partial charge in [-0.25, -0.2) is 4.68 Å². The molecule has 6 nitrogen and oxygen atoms in total. The highest BCUT2D eigenvalue weighted by Gasteiger charge is 2.29. The fourth-order valence-electron chi connectivity index (χ4n) is 2.43. The molecule has 1 aliphatic rings. The molecule has 110 valence electrons. The molecule has 1 aliphatic heterocycles. The highest BCUT2D eigenvalue weighted by molar-refractivity contribution is 8.00. The summed E-state index contributed by atoms with van der Waals surface area (Å²) >= 11 is 1.33. The average molecular weight is 303 g/mol. The summed E-state index contributed by atoms with van der Waals surface area (Å²) in [6.07, 6.45) is 0.908. The van der Waals surface area contributed by atoms with Crippen molar-refractivity contribution in [2.45, 2.75) is 30.7 Å². The number of para-hydroxylation sites is 1. The molecule has 3 rings (SSSR count). The topological polar surface area (TPSA) is 77.0 Å². The van der Waals surface area contributed by atoms with Gasteiger partial charge in [0, 0.05) is 12.2 Å². The Morgan fingerprint density at radius 1 is 1.38 bits per heavy atom. The lowest BCUT2D eigenvalue weighted by molar-refractivity contribution is -0.117. The van der Waals surface area contributed by atoms with Crippen LogP contribution in [0.1, 0.15) is 18.3 Å². The van der Waals surface area contributed by atoms with Gasteiger partial charge in [-0.05, 0) is 31.9 Å². The van der Waals surface area contributed by atoms with Crippen LogP contribution in [0.4, 0.5) is 5.69 Å². The van der Waals surface area contributed by atoms with Crippen molar-refractivity contribution in [3.05, 3.63) is 35.7 Å². The number of hydrogen-bond donors (Lipinski definition) is 1. The summed E-state index contributed by atoms with van der Waals surface area (Å²) in [5, 5.41) is 8.19. The average Bonchev–Trinajstić information content (AvgIpc) is 3.05. The van der Waals surface area contributed by atoms with Crippen molar-refractivity contribution in [2.75, 3.05) is 17.3 Å². The Hall–Kier alpha value is -2.02. The van der Waals surface area contributed by atoms with E-state index in [1.165, 1.54) is 22.0 Å². The maximum absolute atomic E-state index is 12.6. The predicted molar refractivity (Wildman–Crippen MR) is 82.7 cm³/mol. The molecule has 1 atom stereocenters. The number of benzene rings is 1. The van der Waals surface area contributed by atoms with E-state index in [-0.39, 0.29) is 11.2 Å². The van der Waals surface area contributed by atoms with E-state index in [0.717, 1.165) is 18.7 Å². The van der Waals surface area contributed by atoms with Crippen molar-refractivity contribution < 1.29 is 4.79 Å². The third-order valence-electron chi connectivity index (χ3n) is 3.62. The highest BCUT2D eigenvalue weighted by atomic mass is 32.2. The Morgan fingerprint density at radius 3 is 2.86 bits per heavy atom. The van der Waals surface area contributed by atoms with E-state index in [1.54, 1.807) is 6.92 Å². The molecule has 1 aromatic heterocycles. The van der Waals surface area contributed by atoms with Gasteiger partial charge in [-0.1, -0.05) is 30.0 Å². The van der Waals surface area contributed by atoms with Gasteiger partial charge in [-0.3, -0.25) is 4.79 Å². The Labute approximate surface area is 127 Å². The lowest BCUT2D eigenvalue weighted by Gasteiger charge is -2.21. The molecule has 0 aliphatic carbocycles. The summed E-state index contributed by atoms with van der Waals surface area (Å²) in [4.78, 5) is 14.5. The molecule has 7 heteroatoms. The molecule has 0 bridgehead atoms. The van der Waals surface area contributed by atoms with Crippen LogP contribution in [0.5, 0.6) is 0 Å². The van der Waals surface area contributed by atoms with E-state index in [1.807, 2.05) is 30.0 Å². The molecule has 2 heterocycles. The third-order valence-corrected chi connectivity index (χ3v) is 4.66. The van der Waals surface area contributed by atoms with Crippen molar-refractivity contribution in [3.8, 4) is 0 Å². The van der Waals surface area contributed by atoms with E-state index >= 15 is 0 Å². The molecular formula is C14H17N5OS. The number of rotatable bonds is 3. The molecule has 1 amide bonds. The number of anilines is 1. The minimum Gasteiger partial charge on any atom is -0.336 e. The number of nitrogens with two attached hydrogens (primary N) is 1. The van der Waals surface area contributed by atoms with E-state index in [9.17, 15) is 4.79 Å². The van der Waals surface area contributed by atoms with Crippen LogP contribution in [0.2, 0.25) is 0 Å². The Bertz CT molecular complexity index is 684. The second kappa shape index (κ2) is 5.40. The minimum absolute atomic E-state index is 0.0746. The fraction of sp³-hybridized carbons (Fsp3) is 0.357. The summed E-state index contributed by atoms with van der Waals surface area (Å²) in [6.45, 7) is 4.38. The standard InChI is InChI=1S/C14H17N5OS/c1-9(21-14-17-16-10(2)19(14)15)13(20)18-8-7-11-5-3-4-6-12(11)18/h3-6,9H,7-8,15H2,1-2H3. The molecule has 0 radical (unpaired) electrons. The molecule has 2 aromatic rings. The maximum atomic E-state index is 12.6. The number of hydrogen-bond acceptors (Lipinski definition) is 5. The van der Waals surface area contributed by atoms with Gasteiger partial charge in [-0.15, -0.1) is 10.2 Å². The van der Waals surface area contributed by atoms with Gasteiger partial charge in [-0.2, -0.15) is 0 Å². The molecule has 0 saturated heterocycles. The van der Waals surface area contributed by atoms with Crippen molar-refractivity contribution in [1.29, 1.82) is 0 Å². The zero-order valence-corrected chi connectivity index (χ0v) is 12.8. The Kier molecular flexibility index (Phi) is 3.59. The van der Waals surface area contributed by atoms with Crippen LogP contribution in [0.3, 0.4) is 0 Å². The lowest BCUT2D eigenvalue weighted by Crippen LogP contribution is -2.35. The zero-order chi connectivity index (χ0) is 15.0. The van der Waals surface area contributed by atoms with E-state index in [2.05, 4.69) is 16.3 Å². The number of carbonyl (C=O) groups excluding carboxylic acids is 1. The van der Waals surface area contributed by atoms with Gasteiger partial charge < -0.3 is 10.7 Å². The summed E-state index contributed by atoms with van der Waals surface area (Å²) in [5.74, 6) is 6.53. The summed E-state index contributed by atoms with van der Waals surface area (Å²) in [7, 11) is 0. The van der Waals surface area contributed by atoms with Crippen molar-refractivity contribution in [3.63, 3.8) is 0 Å². The van der Waals surface area contributed by atoms with Crippen LogP contribution in [0.15, 0.2) is 29.4 Å². The number of nitrogen functional groups attached to an aromatic ring is 1. The first-order valence-corrected chi connectivity index (χ1v) is 7.69. The number of aromatic nitrogens is 3. The van der Waals surface area contributed by atoms with Crippen LogP contribution in [0.25, 0.3) is 0 Å². The van der Waals surface area contributed by atoms with E-state index in [4.69, 9.17) is 5.84 Å². The lowest BCUT2D eigenvalue weighted by atomic mass is 10.2. The monoisotopic (exact) mass is 303 g/mol. The van der Waals surface area contributed by atoms with Crippen LogP contribution in [-0.2, 0) is 11.2 Å². The van der Waals surface area contributed by atoms with Gasteiger partial charge in [0.1, 0.15) is 5.82 Å². The first-order valence-electron chi connectivity index (χ1n) is 6.81. The van der Waals surface area contributed by atoms with Crippen molar-refractivity contribution in [1.82, 2.24) is 14.9 Å². The number of aryl methyl sites for hydroxylation is 1. The molecule has 0 fully saturated rings. The van der Waals surface area contributed by atoms with Crippen LogP contribution >= 0.6 is 11.8 Å². The van der Waals surface area contributed by atoms with Gasteiger partial charge in [0.2, 0.25) is 11.1 Å². The van der Waals surface area contributed by atoms with E-state index < -0.39 is 0 Å². The van der Waals surface area contributed by atoms with Crippen LogP contribution < -0.4 is 10.7 Å². The number of fused-ring (bicyclic) bond motifs is 1. The first-order chi connectivity index (χ1) is 10.1. The Balaban J connectivity index is 1.75.